The molecule has 4 nitrogen and oxygen atoms in total. The van der Waals surface area contributed by atoms with E-state index in [-0.39, 0.29) is 11.6 Å². The van der Waals surface area contributed by atoms with E-state index < -0.39 is 23.9 Å². The van der Waals surface area contributed by atoms with Crippen LogP contribution in [0.3, 0.4) is 0 Å². The van der Waals surface area contributed by atoms with Crippen molar-refractivity contribution in [2.45, 2.75) is 24.8 Å². The highest BCUT2D eigenvalue weighted by Crippen LogP contribution is 2.44. The Morgan fingerprint density at radius 3 is 2.73 bits per heavy atom. The smallest absolute Gasteiger partial charge is 0.310 e. The fourth-order valence-electron chi connectivity index (χ4n) is 2.70. The van der Waals surface area contributed by atoms with Crippen LogP contribution in [0.4, 0.5) is 13.2 Å². The third-order valence-corrected chi connectivity index (χ3v) is 4.23. The first-order valence-corrected chi connectivity index (χ1v) is 7.04. The van der Waals surface area contributed by atoms with Gasteiger partial charge in [0.2, 0.25) is 0 Å². The van der Waals surface area contributed by atoms with Gasteiger partial charge < -0.3 is 15.2 Å². The SMILES string of the molecule is C[C@]1(c2cc(CC3COC3)ccc2F)N=C(N)OCC1(F)F. The molecule has 0 aliphatic carbocycles. The summed E-state index contributed by atoms with van der Waals surface area (Å²) in [6.45, 7) is 1.54. The fraction of sp³-hybridized carbons (Fsp3) is 0.533. The first-order valence-electron chi connectivity index (χ1n) is 7.04. The Labute approximate surface area is 126 Å². The van der Waals surface area contributed by atoms with Crippen LogP contribution in [0.2, 0.25) is 0 Å². The van der Waals surface area contributed by atoms with Gasteiger partial charge >= 0.3 is 5.92 Å². The lowest BCUT2D eigenvalue weighted by atomic mass is 9.83. The highest BCUT2D eigenvalue weighted by atomic mass is 19.3. The third-order valence-electron chi connectivity index (χ3n) is 4.23. The second-order valence-electron chi connectivity index (χ2n) is 5.94. The van der Waals surface area contributed by atoms with Crippen molar-refractivity contribution in [3.8, 4) is 0 Å². The van der Waals surface area contributed by atoms with Gasteiger partial charge in [0, 0.05) is 11.5 Å². The second-order valence-corrected chi connectivity index (χ2v) is 5.94. The topological polar surface area (TPSA) is 56.8 Å². The first kappa shape index (κ1) is 15.1. The van der Waals surface area contributed by atoms with Crippen molar-refractivity contribution in [3.63, 3.8) is 0 Å². The van der Waals surface area contributed by atoms with Crippen molar-refractivity contribution in [2.75, 3.05) is 19.8 Å². The molecule has 0 saturated carbocycles. The molecule has 2 aliphatic rings. The van der Waals surface area contributed by atoms with Gasteiger partial charge in [-0.1, -0.05) is 12.1 Å². The van der Waals surface area contributed by atoms with Gasteiger partial charge in [0.1, 0.15) is 5.82 Å². The van der Waals surface area contributed by atoms with Gasteiger partial charge in [0.05, 0.1) is 13.2 Å². The van der Waals surface area contributed by atoms with Crippen LogP contribution in [-0.2, 0) is 21.4 Å². The lowest BCUT2D eigenvalue weighted by Gasteiger charge is -2.37. The molecule has 0 bridgehead atoms. The number of rotatable bonds is 3. The molecule has 2 N–H and O–H groups in total. The molecule has 1 saturated heterocycles. The molecule has 0 aromatic heterocycles. The quantitative estimate of drug-likeness (QED) is 0.930. The number of alkyl halides is 2. The maximum atomic E-state index is 14.3. The van der Waals surface area contributed by atoms with Crippen LogP contribution in [-0.4, -0.2) is 31.8 Å². The summed E-state index contributed by atoms with van der Waals surface area (Å²) in [5.74, 6) is -3.74. The highest BCUT2D eigenvalue weighted by Gasteiger charge is 2.56. The van der Waals surface area contributed by atoms with Crippen molar-refractivity contribution >= 4 is 6.02 Å². The lowest BCUT2D eigenvalue weighted by molar-refractivity contribution is -0.117. The maximum absolute atomic E-state index is 14.3. The maximum Gasteiger partial charge on any atom is 0.310 e. The van der Waals surface area contributed by atoms with Crippen molar-refractivity contribution in [1.29, 1.82) is 0 Å². The summed E-state index contributed by atoms with van der Waals surface area (Å²) in [6, 6.07) is 3.90. The van der Waals surface area contributed by atoms with Crippen LogP contribution >= 0.6 is 0 Å². The number of hydrogen-bond acceptors (Lipinski definition) is 4. The molecule has 1 fully saturated rings. The molecule has 3 rings (SSSR count). The molecule has 0 amide bonds. The van der Waals surface area contributed by atoms with Gasteiger partial charge in [-0.15, -0.1) is 0 Å². The number of nitrogens with zero attached hydrogens (tertiary/aromatic N) is 1. The molecule has 2 heterocycles. The van der Waals surface area contributed by atoms with E-state index >= 15 is 0 Å². The summed E-state index contributed by atoms with van der Waals surface area (Å²) >= 11 is 0. The molecule has 1 atom stereocenters. The van der Waals surface area contributed by atoms with Crippen LogP contribution in [0.1, 0.15) is 18.1 Å². The Morgan fingerprint density at radius 2 is 2.09 bits per heavy atom. The molecule has 7 heteroatoms. The van der Waals surface area contributed by atoms with E-state index in [2.05, 4.69) is 9.73 Å². The minimum Gasteiger partial charge on any atom is -0.459 e. The zero-order valence-corrected chi connectivity index (χ0v) is 12.1. The van der Waals surface area contributed by atoms with Crippen LogP contribution < -0.4 is 5.73 Å². The predicted octanol–water partition coefficient (Wildman–Crippen LogP) is 2.21. The minimum absolute atomic E-state index is 0.165. The number of amidine groups is 1. The zero-order chi connectivity index (χ0) is 16.0. The Balaban J connectivity index is 2.01. The van der Waals surface area contributed by atoms with Crippen LogP contribution in [0, 0.1) is 11.7 Å². The zero-order valence-electron chi connectivity index (χ0n) is 12.1. The Hall–Kier alpha value is -1.76. The first-order chi connectivity index (χ1) is 10.3. The Bertz CT molecular complexity index is 617. The lowest BCUT2D eigenvalue weighted by Crippen LogP contribution is -2.51. The average molecular weight is 314 g/mol. The van der Waals surface area contributed by atoms with E-state index in [0.29, 0.717) is 25.6 Å². The fourth-order valence-corrected chi connectivity index (χ4v) is 2.70. The summed E-state index contributed by atoms with van der Waals surface area (Å²) in [6.07, 6.45) is 0.657. The van der Waals surface area contributed by atoms with Crippen LogP contribution in [0.25, 0.3) is 0 Å². The van der Waals surface area contributed by atoms with E-state index in [1.807, 2.05) is 0 Å². The van der Waals surface area contributed by atoms with Gasteiger partial charge in [-0.05, 0) is 25.0 Å². The van der Waals surface area contributed by atoms with E-state index in [1.165, 1.54) is 19.1 Å². The summed E-state index contributed by atoms with van der Waals surface area (Å²) in [4.78, 5) is 3.71. The van der Waals surface area contributed by atoms with E-state index in [1.54, 1.807) is 6.07 Å². The standard InChI is InChI=1S/C15H17F3N2O2/c1-14(15(17,18)8-22-13(19)20-14)11-5-9(2-3-12(11)16)4-10-6-21-7-10/h2-3,5,10H,4,6-8H2,1H3,(H2,19,20)/t14-/m1/s1. The molecular weight excluding hydrogens is 297 g/mol. The van der Waals surface area contributed by atoms with E-state index in [9.17, 15) is 13.2 Å². The summed E-state index contributed by atoms with van der Waals surface area (Å²) in [5, 5.41) is 0. The molecule has 1 aromatic rings. The molecular formula is C15H17F3N2O2. The predicted molar refractivity (Wildman–Crippen MR) is 74.3 cm³/mol. The molecule has 120 valence electrons. The van der Waals surface area contributed by atoms with E-state index in [0.717, 1.165) is 5.56 Å². The minimum atomic E-state index is -3.35. The van der Waals surface area contributed by atoms with Crippen molar-refractivity contribution < 1.29 is 22.6 Å². The molecule has 0 radical (unpaired) electrons. The van der Waals surface area contributed by atoms with Crippen LogP contribution in [0.5, 0.6) is 0 Å². The van der Waals surface area contributed by atoms with Crippen molar-refractivity contribution in [2.24, 2.45) is 16.6 Å². The average Bonchev–Trinajstić information content (AvgIpc) is 2.40. The Kier molecular flexibility index (Phi) is 3.55. The highest BCUT2D eigenvalue weighted by molar-refractivity contribution is 5.73. The number of aliphatic imine (C=N–C) groups is 1. The Morgan fingerprint density at radius 1 is 1.36 bits per heavy atom. The molecule has 0 spiro atoms. The molecule has 2 aliphatic heterocycles. The normalized spacial score (nSPS) is 27.7. The molecule has 0 unspecified atom stereocenters. The third kappa shape index (κ3) is 2.43. The largest absolute Gasteiger partial charge is 0.459 e. The van der Waals surface area contributed by atoms with Gasteiger partial charge in [0.25, 0.3) is 6.02 Å². The van der Waals surface area contributed by atoms with Crippen molar-refractivity contribution in [3.05, 3.63) is 35.1 Å². The summed E-state index contributed by atoms with van der Waals surface area (Å²) in [7, 11) is 0. The van der Waals surface area contributed by atoms with Gasteiger partial charge in [-0.3, -0.25) is 0 Å². The summed E-state index contributed by atoms with van der Waals surface area (Å²) in [5.41, 5.74) is 3.96. The van der Waals surface area contributed by atoms with Crippen LogP contribution in [0.15, 0.2) is 23.2 Å². The van der Waals surface area contributed by atoms with Gasteiger partial charge in [-0.2, -0.15) is 8.78 Å². The number of halogens is 3. The molecule has 1 aromatic carbocycles. The van der Waals surface area contributed by atoms with E-state index in [4.69, 9.17) is 10.5 Å². The molecule has 22 heavy (non-hydrogen) atoms. The number of nitrogens with two attached hydrogens (primary N) is 1. The second kappa shape index (κ2) is 5.15. The van der Waals surface area contributed by atoms with Crippen molar-refractivity contribution in [1.82, 2.24) is 0 Å². The number of hydrogen-bond donors (Lipinski definition) is 1. The monoisotopic (exact) mass is 314 g/mol. The van der Waals surface area contributed by atoms with Gasteiger partial charge in [0.15, 0.2) is 12.1 Å². The number of benzene rings is 1. The van der Waals surface area contributed by atoms with Gasteiger partial charge in [-0.25, -0.2) is 9.38 Å². The number of ether oxygens (including phenoxy) is 2. The summed E-state index contributed by atoms with van der Waals surface area (Å²) < 4.78 is 52.5.